The Hall–Kier alpha value is -3.81. The first-order valence-electron chi connectivity index (χ1n) is 9.28. The lowest BCUT2D eigenvalue weighted by Crippen LogP contribution is -2.07. The van der Waals surface area contributed by atoms with Crippen LogP contribution < -0.4 is 5.32 Å². The van der Waals surface area contributed by atoms with Gasteiger partial charge in [0, 0.05) is 23.8 Å². The number of hydrogen-bond donors (Lipinski definition) is 1. The second-order valence-corrected chi connectivity index (χ2v) is 6.77. The molecule has 0 aliphatic heterocycles. The quantitative estimate of drug-likeness (QED) is 0.397. The molecule has 8 nitrogen and oxygen atoms in total. The number of nitro benzene ring substituents is 1. The third-order valence-corrected chi connectivity index (χ3v) is 4.78. The number of nitro groups is 1. The molecule has 1 heterocycles. The van der Waals surface area contributed by atoms with E-state index in [0.29, 0.717) is 11.5 Å². The zero-order valence-corrected chi connectivity index (χ0v) is 15.5. The number of fused-ring (bicyclic) bond motifs is 1. The first kappa shape index (κ1) is 18.5. The molecule has 0 saturated heterocycles. The lowest BCUT2D eigenvalue weighted by Gasteiger charge is -2.15. The first-order valence-corrected chi connectivity index (χ1v) is 9.28. The molecule has 0 atom stereocenters. The Morgan fingerprint density at radius 1 is 1.07 bits per heavy atom. The second-order valence-electron chi connectivity index (χ2n) is 6.77. The molecular weight excluding hydrogens is 372 g/mol. The third-order valence-electron chi connectivity index (χ3n) is 4.78. The van der Waals surface area contributed by atoms with Crippen molar-refractivity contribution in [3.63, 3.8) is 0 Å². The van der Waals surface area contributed by atoms with Crippen molar-refractivity contribution in [3.8, 4) is 11.5 Å². The fourth-order valence-electron chi connectivity index (χ4n) is 3.28. The van der Waals surface area contributed by atoms with Crippen LogP contribution in [0.25, 0.3) is 17.5 Å². The molecule has 4 rings (SSSR count). The average Bonchev–Trinajstić information content (AvgIpc) is 3.20. The summed E-state index contributed by atoms with van der Waals surface area (Å²) in [6, 6.07) is 12.0. The monoisotopic (exact) mass is 390 g/mol. The van der Waals surface area contributed by atoms with Crippen LogP contribution in [-0.4, -0.2) is 21.0 Å². The smallest absolute Gasteiger partial charge is 0.322 e. The maximum Gasteiger partial charge on any atom is 0.322 e. The summed E-state index contributed by atoms with van der Waals surface area (Å²) in [5.41, 5.74) is 4.16. The predicted molar refractivity (Wildman–Crippen MR) is 107 cm³/mol. The van der Waals surface area contributed by atoms with Crippen molar-refractivity contribution in [3.05, 3.63) is 75.3 Å². The van der Waals surface area contributed by atoms with Gasteiger partial charge in [0.15, 0.2) is 0 Å². The minimum atomic E-state index is -0.476. The summed E-state index contributed by atoms with van der Waals surface area (Å²) < 4.78 is 5.56. The minimum absolute atomic E-state index is 0.00725. The summed E-state index contributed by atoms with van der Waals surface area (Å²) in [4.78, 5) is 22.2. The highest BCUT2D eigenvalue weighted by molar-refractivity contribution is 6.00. The molecular formula is C21H18N4O4. The van der Waals surface area contributed by atoms with Gasteiger partial charge in [-0.1, -0.05) is 11.2 Å². The molecule has 8 heteroatoms. The summed E-state index contributed by atoms with van der Waals surface area (Å²) in [7, 11) is 0. The van der Waals surface area contributed by atoms with E-state index in [4.69, 9.17) is 4.42 Å². The van der Waals surface area contributed by atoms with Crippen molar-refractivity contribution in [2.45, 2.75) is 25.7 Å². The van der Waals surface area contributed by atoms with Crippen LogP contribution in [0.2, 0.25) is 0 Å². The van der Waals surface area contributed by atoms with Crippen LogP contribution in [0.15, 0.2) is 53.0 Å². The maximum atomic E-state index is 12.1. The number of rotatable bonds is 5. The molecule has 2 aromatic carbocycles. The van der Waals surface area contributed by atoms with E-state index in [-0.39, 0.29) is 11.7 Å². The SMILES string of the molecule is O=C(/C=C/c1ccc([N+](=O)[O-])cc1)Nc1nnc(-c2ccc3c(c2)CCCC3)o1. The summed E-state index contributed by atoms with van der Waals surface area (Å²) in [5.74, 6) is -0.0861. The van der Waals surface area contributed by atoms with Crippen molar-refractivity contribution in [1.29, 1.82) is 0 Å². The van der Waals surface area contributed by atoms with Crippen molar-refractivity contribution >= 4 is 23.7 Å². The van der Waals surface area contributed by atoms with E-state index in [1.807, 2.05) is 6.07 Å². The number of non-ortho nitro benzene ring substituents is 1. The van der Waals surface area contributed by atoms with E-state index in [1.54, 1.807) is 18.2 Å². The number of nitrogens with zero attached hydrogens (tertiary/aromatic N) is 3. The standard InChI is InChI=1S/C21H18N4O4/c26-19(12-7-14-5-10-18(11-6-14)25(27)28)22-21-24-23-20(29-21)17-9-8-15-3-1-2-4-16(15)13-17/h5-13H,1-4H2,(H,22,24,26)/b12-7+. The number of aromatic nitrogens is 2. The number of benzene rings is 2. The number of nitrogens with one attached hydrogen (secondary N) is 1. The molecule has 1 aromatic heterocycles. The minimum Gasteiger partial charge on any atom is -0.403 e. The lowest BCUT2D eigenvalue weighted by molar-refractivity contribution is -0.384. The van der Waals surface area contributed by atoms with Gasteiger partial charge < -0.3 is 4.42 Å². The number of hydrogen-bond acceptors (Lipinski definition) is 6. The molecule has 0 spiro atoms. The highest BCUT2D eigenvalue weighted by Gasteiger charge is 2.14. The van der Waals surface area contributed by atoms with Gasteiger partial charge in [-0.2, -0.15) is 0 Å². The Morgan fingerprint density at radius 3 is 2.59 bits per heavy atom. The van der Waals surface area contributed by atoms with Crippen molar-refractivity contribution in [2.75, 3.05) is 5.32 Å². The molecule has 29 heavy (non-hydrogen) atoms. The molecule has 1 aliphatic carbocycles. The maximum absolute atomic E-state index is 12.1. The number of anilines is 1. The second kappa shape index (κ2) is 8.05. The zero-order valence-electron chi connectivity index (χ0n) is 15.5. The molecule has 1 amide bonds. The van der Waals surface area contributed by atoms with Gasteiger partial charge in [-0.25, -0.2) is 0 Å². The Bertz CT molecular complexity index is 1090. The Morgan fingerprint density at radius 2 is 1.83 bits per heavy atom. The van der Waals surface area contributed by atoms with Crippen molar-refractivity contribution < 1.29 is 14.1 Å². The van der Waals surface area contributed by atoms with Gasteiger partial charge in [-0.05, 0) is 72.7 Å². The molecule has 1 aliphatic rings. The predicted octanol–water partition coefficient (Wildman–Crippen LogP) is 4.18. The molecule has 0 unspecified atom stereocenters. The summed E-state index contributed by atoms with van der Waals surface area (Å²) in [5, 5.41) is 21.1. The summed E-state index contributed by atoms with van der Waals surface area (Å²) in [6.45, 7) is 0. The van der Waals surface area contributed by atoms with Crippen LogP contribution in [0.4, 0.5) is 11.7 Å². The third kappa shape index (κ3) is 4.37. The van der Waals surface area contributed by atoms with Gasteiger partial charge in [0.25, 0.3) is 11.6 Å². The highest BCUT2D eigenvalue weighted by atomic mass is 16.6. The van der Waals surface area contributed by atoms with Gasteiger partial charge in [-0.3, -0.25) is 20.2 Å². The number of aryl methyl sites for hydroxylation is 2. The van der Waals surface area contributed by atoms with E-state index in [1.165, 1.54) is 42.2 Å². The van der Waals surface area contributed by atoms with Crippen LogP contribution >= 0.6 is 0 Å². The largest absolute Gasteiger partial charge is 0.403 e. The normalized spacial score (nSPS) is 13.2. The summed E-state index contributed by atoms with van der Waals surface area (Å²) in [6.07, 6.45) is 7.39. The van der Waals surface area contributed by atoms with E-state index in [2.05, 4.69) is 27.6 Å². The van der Waals surface area contributed by atoms with Crippen LogP contribution in [0.1, 0.15) is 29.5 Å². The van der Waals surface area contributed by atoms with E-state index in [9.17, 15) is 14.9 Å². The van der Waals surface area contributed by atoms with Crippen LogP contribution in [0, 0.1) is 10.1 Å². The molecule has 0 saturated carbocycles. The fourth-order valence-corrected chi connectivity index (χ4v) is 3.28. The molecule has 0 fully saturated rings. The molecule has 1 N–H and O–H groups in total. The van der Waals surface area contributed by atoms with Crippen LogP contribution in [0.5, 0.6) is 0 Å². The van der Waals surface area contributed by atoms with Crippen LogP contribution in [0.3, 0.4) is 0 Å². The number of carbonyl (C=O) groups excluding carboxylic acids is 1. The van der Waals surface area contributed by atoms with Crippen molar-refractivity contribution in [2.24, 2.45) is 0 Å². The van der Waals surface area contributed by atoms with E-state index < -0.39 is 10.8 Å². The molecule has 3 aromatic rings. The summed E-state index contributed by atoms with van der Waals surface area (Å²) >= 11 is 0. The molecule has 0 bridgehead atoms. The Balaban J connectivity index is 1.41. The fraction of sp³-hybridized carbons (Fsp3) is 0.190. The lowest BCUT2D eigenvalue weighted by atomic mass is 9.90. The highest BCUT2D eigenvalue weighted by Crippen LogP contribution is 2.27. The number of amides is 1. The number of carbonyl (C=O) groups is 1. The van der Waals surface area contributed by atoms with E-state index >= 15 is 0 Å². The van der Waals surface area contributed by atoms with Gasteiger partial charge in [-0.15, -0.1) is 5.10 Å². The van der Waals surface area contributed by atoms with Gasteiger partial charge in [0.05, 0.1) is 4.92 Å². The Kier molecular flexibility index (Phi) is 5.15. The zero-order chi connectivity index (χ0) is 20.2. The first-order chi connectivity index (χ1) is 14.1. The molecule has 0 radical (unpaired) electrons. The van der Waals surface area contributed by atoms with Crippen LogP contribution in [-0.2, 0) is 17.6 Å². The molecule has 146 valence electrons. The van der Waals surface area contributed by atoms with Crippen molar-refractivity contribution in [1.82, 2.24) is 10.2 Å². The average molecular weight is 390 g/mol. The van der Waals surface area contributed by atoms with Gasteiger partial charge in [0.2, 0.25) is 5.89 Å². The van der Waals surface area contributed by atoms with Gasteiger partial charge in [0.1, 0.15) is 0 Å². The van der Waals surface area contributed by atoms with E-state index in [0.717, 1.165) is 18.4 Å². The van der Waals surface area contributed by atoms with Gasteiger partial charge >= 0.3 is 6.01 Å². The Labute approximate surface area is 166 Å². The topological polar surface area (TPSA) is 111 Å².